The summed E-state index contributed by atoms with van der Waals surface area (Å²) in [6.45, 7) is 1.86. The van der Waals surface area contributed by atoms with Gasteiger partial charge >= 0.3 is 0 Å². The number of methoxy groups -OCH3 is 1. The number of allylic oxidation sites excluding steroid dienone is 1. The van der Waals surface area contributed by atoms with E-state index < -0.39 is 0 Å². The molecule has 0 aliphatic heterocycles. The summed E-state index contributed by atoms with van der Waals surface area (Å²) in [4.78, 5) is 4.23. The van der Waals surface area contributed by atoms with E-state index >= 15 is 0 Å². The maximum Gasteiger partial charge on any atom is 0.191 e. The Bertz CT molecular complexity index is 325. The van der Waals surface area contributed by atoms with Crippen LogP contribution in [0.4, 0.5) is 0 Å². The first-order valence-electron chi connectivity index (χ1n) is 4.00. The number of ether oxygens (including phenoxy) is 1. The van der Waals surface area contributed by atoms with Gasteiger partial charge in [0.1, 0.15) is 11.5 Å². The van der Waals surface area contributed by atoms with Crippen LogP contribution in [-0.2, 0) is 11.2 Å². The van der Waals surface area contributed by atoms with Crippen molar-refractivity contribution >= 4 is 6.08 Å². The van der Waals surface area contributed by atoms with Gasteiger partial charge in [0.2, 0.25) is 0 Å². The highest BCUT2D eigenvalue weighted by molar-refractivity contribution is 5.51. The van der Waals surface area contributed by atoms with Gasteiger partial charge in [-0.15, -0.1) is 0 Å². The van der Waals surface area contributed by atoms with Gasteiger partial charge in [0.25, 0.3) is 0 Å². The standard InChI is InChI=1S/C9H11NO2/c1-6-10-8-5-7(11-2)3-4-9(8)12-6/h5H,3-4H2,1-2H3. The number of oxazole rings is 1. The molecule has 0 atom stereocenters. The first-order valence-corrected chi connectivity index (χ1v) is 4.00. The lowest BCUT2D eigenvalue weighted by Gasteiger charge is -2.08. The van der Waals surface area contributed by atoms with E-state index in [2.05, 4.69) is 4.98 Å². The third kappa shape index (κ3) is 1.11. The molecule has 0 saturated heterocycles. The number of fused-ring (bicyclic) bond motifs is 1. The van der Waals surface area contributed by atoms with Crippen molar-refractivity contribution in [2.45, 2.75) is 19.8 Å². The molecule has 0 saturated carbocycles. The summed E-state index contributed by atoms with van der Waals surface area (Å²) >= 11 is 0. The quantitative estimate of drug-likeness (QED) is 0.637. The van der Waals surface area contributed by atoms with E-state index in [4.69, 9.17) is 9.15 Å². The zero-order valence-electron chi connectivity index (χ0n) is 7.26. The molecule has 0 radical (unpaired) electrons. The molecule has 12 heavy (non-hydrogen) atoms. The molecule has 0 unspecified atom stereocenters. The fraction of sp³-hybridized carbons (Fsp3) is 0.444. The molecule has 1 heterocycles. The number of hydrogen-bond acceptors (Lipinski definition) is 3. The van der Waals surface area contributed by atoms with Crippen LogP contribution in [0.25, 0.3) is 6.08 Å². The number of hydrogen-bond donors (Lipinski definition) is 0. The van der Waals surface area contributed by atoms with Gasteiger partial charge in [-0.25, -0.2) is 4.98 Å². The van der Waals surface area contributed by atoms with E-state index in [1.807, 2.05) is 13.0 Å². The minimum atomic E-state index is 0.730. The lowest BCUT2D eigenvalue weighted by atomic mass is 10.1. The summed E-state index contributed by atoms with van der Waals surface area (Å²) in [6.07, 6.45) is 3.75. The molecule has 3 nitrogen and oxygen atoms in total. The zero-order chi connectivity index (χ0) is 8.55. The van der Waals surface area contributed by atoms with Crippen LogP contribution < -0.4 is 0 Å². The van der Waals surface area contributed by atoms with Crippen LogP contribution in [0.2, 0.25) is 0 Å². The van der Waals surface area contributed by atoms with E-state index in [0.29, 0.717) is 0 Å². The molecule has 3 heteroatoms. The van der Waals surface area contributed by atoms with Crippen LogP contribution in [0.5, 0.6) is 0 Å². The van der Waals surface area contributed by atoms with Crippen LogP contribution in [0.3, 0.4) is 0 Å². The van der Waals surface area contributed by atoms with Crippen molar-refractivity contribution in [3.05, 3.63) is 23.1 Å². The summed E-state index contributed by atoms with van der Waals surface area (Å²) in [5, 5.41) is 0. The maximum atomic E-state index is 5.39. The molecular formula is C9H11NO2. The number of aryl methyl sites for hydroxylation is 2. The molecule has 0 amide bonds. The average Bonchev–Trinajstić information content (AvgIpc) is 2.43. The van der Waals surface area contributed by atoms with Crippen molar-refractivity contribution in [1.82, 2.24) is 4.98 Å². The SMILES string of the molecule is COC1=Cc2nc(C)oc2CC1. The summed E-state index contributed by atoms with van der Waals surface area (Å²) < 4.78 is 10.5. The van der Waals surface area contributed by atoms with Crippen LogP contribution in [0, 0.1) is 6.92 Å². The summed E-state index contributed by atoms with van der Waals surface area (Å²) in [7, 11) is 1.68. The Morgan fingerprint density at radius 3 is 3.08 bits per heavy atom. The highest BCUT2D eigenvalue weighted by Crippen LogP contribution is 2.24. The summed E-state index contributed by atoms with van der Waals surface area (Å²) in [6, 6.07) is 0. The van der Waals surface area contributed by atoms with Crippen molar-refractivity contribution in [3.63, 3.8) is 0 Å². The van der Waals surface area contributed by atoms with Crippen LogP contribution in [-0.4, -0.2) is 12.1 Å². The molecule has 1 aliphatic rings. The predicted molar refractivity (Wildman–Crippen MR) is 44.5 cm³/mol. The van der Waals surface area contributed by atoms with Gasteiger partial charge in [-0.3, -0.25) is 0 Å². The van der Waals surface area contributed by atoms with Crippen LogP contribution >= 0.6 is 0 Å². The minimum absolute atomic E-state index is 0.730. The molecule has 0 fully saturated rings. The highest BCUT2D eigenvalue weighted by Gasteiger charge is 2.15. The van der Waals surface area contributed by atoms with Crippen molar-refractivity contribution < 1.29 is 9.15 Å². The smallest absolute Gasteiger partial charge is 0.191 e. The molecule has 1 aromatic rings. The van der Waals surface area contributed by atoms with E-state index in [-0.39, 0.29) is 0 Å². The molecule has 0 bridgehead atoms. The van der Waals surface area contributed by atoms with Gasteiger partial charge in [0.05, 0.1) is 12.9 Å². The second kappa shape index (κ2) is 2.66. The number of rotatable bonds is 1. The van der Waals surface area contributed by atoms with Crippen molar-refractivity contribution in [2.24, 2.45) is 0 Å². The fourth-order valence-electron chi connectivity index (χ4n) is 1.40. The fourth-order valence-corrected chi connectivity index (χ4v) is 1.40. The number of nitrogens with zero attached hydrogens (tertiary/aromatic N) is 1. The Labute approximate surface area is 71.1 Å². The van der Waals surface area contributed by atoms with E-state index in [0.717, 1.165) is 35.9 Å². The van der Waals surface area contributed by atoms with Crippen LogP contribution in [0.15, 0.2) is 10.2 Å². The molecular weight excluding hydrogens is 154 g/mol. The molecule has 0 N–H and O–H groups in total. The van der Waals surface area contributed by atoms with E-state index in [1.54, 1.807) is 7.11 Å². The molecule has 64 valence electrons. The molecule has 0 aromatic carbocycles. The van der Waals surface area contributed by atoms with Gasteiger partial charge in [-0.2, -0.15) is 0 Å². The second-order valence-corrected chi connectivity index (χ2v) is 2.86. The highest BCUT2D eigenvalue weighted by atomic mass is 16.5. The van der Waals surface area contributed by atoms with Gasteiger partial charge in [-0.1, -0.05) is 0 Å². The van der Waals surface area contributed by atoms with Gasteiger partial charge in [-0.05, 0) is 0 Å². The Kier molecular flexibility index (Phi) is 1.64. The lowest BCUT2D eigenvalue weighted by Crippen LogP contribution is -1.98. The number of aromatic nitrogens is 1. The topological polar surface area (TPSA) is 35.3 Å². The van der Waals surface area contributed by atoms with E-state index in [1.165, 1.54) is 0 Å². The Balaban J connectivity index is 2.40. The normalized spacial score (nSPS) is 15.3. The maximum absolute atomic E-state index is 5.39. The van der Waals surface area contributed by atoms with Crippen LogP contribution in [0.1, 0.15) is 23.8 Å². The summed E-state index contributed by atoms with van der Waals surface area (Å²) in [5.41, 5.74) is 0.926. The average molecular weight is 165 g/mol. The Morgan fingerprint density at radius 1 is 1.50 bits per heavy atom. The lowest BCUT2D eigenvalue weighted by molar-refractivity contribution is 0.276. The largest absolute Gasteiger partial charge is 0.501 e. The molecule has 1 aromatic heterocycles. The molecule has 1 aliphatic carbocycles. The molecule has 0 spiro atoms. The first-order chi connectivity index (χ1) is 5.79. The van der Waals surface area contributed by atoms with Gasteiger partial charge < -0.3 is 9.15 Å². The second-order valence-electron chi connectivity index (χ2n) is 2.86. The monoisotopic (exact) mass is 165 g/mol. The van der Waals surface area contributed by atoms with Crippen molar-refractivity contribution in [3.8, 4) is 0 Å². The Hall–Kier alpha value is -1.25. The van der Waals surface area contributed by atoms with Gasteiger partial charge in [0, 0.05) is 25.8 Å². The van der Waals surface area contributed by atoms with E-state index in [9.17, 15) is 0 Å². The Morgan fingerprint density at radius 2 is 2.33 bits per heavy atom. The van der Waals surface area contributed by atoms with Gasteiger partial charge in [0.15, 0.2) is 5.89 Å². The van der Waals surface area contributed by atoms with Crippen molar-refractivity contribution in [1.29, 1.82) is 0 Å². The predicted octanol–water partition coefficient (Wildman–Crippen LogP) is 1.92. The zero-order valence-corrected chi connectivity index (χ0v) is 7.26. The minimum Gasteiger partial charge on any atom is -0.501 e. The van der Waals surface area contributed by atoms with Crippen molar-refractivity contribution in [2.75, 3.05) is 7.11 Å². The molecule has 2 rings (SSSR count). The first kappa shape index (κ1) is 7.40. The summed E-state index contributed by atoms with van der Waals surface area (Å²) in [5.74, 6) is 2.69. The third-order valence-electron chi connectivity index (χ3n) is 1.99. The third-order valence-corrected chi connectivity index (χ3v) is 1.99.